The van der Waals surface area contributed by atoms with E-state index in [0.717, 1.165) is 17.0 Å². The zero-order valence-electron chi connectivity index (χ0n) is 10.6. The van der Waals surface area contributed by atoms with E-state index < -0.39 is 0 Å². The number of nitrogens with zero attached hydrogens (tertiary/aromatic N) is 2. The first-order chi connectivity index (χ1) is 8.16. The zero-order chi connectivity index (χ0) is 12.3. The molecule has 90 valence electrons. The summed E-state index contributed by atoms with van der Waals surface area (Å²) in [4.78, 5) is 0. The maximum absolute atomic E-state index is 5.74. The monoisotopic (exact) mass is 230 g/mol. The lowest BCUT2D eigenvalue weighted by atomic mass is 10.2. The normalized spacial score (nSPS) is 10.8. The summed E-state index contributed by atoms with van der Waals surface area (Å²) in [7, 11) is 0. The predicted octanol–water partition coefficient (Wildman–Crippen LogP) is 3.35. The minimum absolute atomic E-state index is 0.391. The van der Waals surface area contributed by atoms with Crippen molar-refractivity contribution >= 4 is 0 Å². The number of hydrogen-bond acceptors (Lipinski definition) is 2. The molecule has 0 atom stereocenters. The summed E-state index contributed by atoms with van der Waals surface area (Å²) in [6.45, 7) is 6.78. The summed E-state index contributed by atoms with van der Waals surface area (Å²) in [5, 5.41) is 4.45. The Morgan fingerprint density at radius 1 is 1.24 bits per heavy atom. The lowest BCUT2D eigenvalue weighted by molar-refractivity contribution is 0.296. The van der Waals surface area contributed by atoms with Gasteiger partial charge in [0.15, 0.2) is 0 Å². The summed E-state index contributed by atoms with van der Waals surface area (Å²) in [6.07, 6.45) is 1.99. The lowest BCUT2D eigenvalue weighted by Crippen LogP contribution is -2.03. The van der Waals surface area contributed by atoms with Crippen LogP contribution in [0.3, 0.4) is 0 Å². The number of rotatable bonds is 4. The van der Waals surface area contributed by atoms with E-state index in [1.165, 1.54) is 0 Å². The maximum atomic E-state index is 5.74. The van der Waals surface area contributed by atoms with Gasteiger partial charge in [-0.1, -0.05) is 18.2 Å². The summed E-state index contributed by atoms with van der Waals surface area (Å²) >= 11 is 0. The van der Waals surface area contributed by atoms with Crippen LogP contribution in [0.1, 0.15) is 31.1 Å². The van der Waals surface area contributed by atoms with Crippen LogP contribution in [0.15, 0.2) is 36.5 Å². The van der Waals surface area contributed by atoms with E-state index in [1.807, 2.05) is 48.1 Å². The molecule has 0 aliphatic carbocycles. The van der Waals surface area contributed by atoms with Crippen LogP contribution in [0.2, 0.25) is 0 Å². The molecule has 0 fully saturated rings. The van der Waals surface area contributed by atoms with Crippen LogP contribution in [0.4, 0.5) is 0 Å². The van der Waals surface area contributed by atoms with Crippen molar-refractivity contribution < 1.29 is 4.74 Å². The second kappa shape index (κ2) is 5.04. The molecule has 0 saturated carbocycles. The van der Waals surface area contributed by atoms with Crippen molar-refractivity contribution in [1.29, 1.82) is 0 Å². The van der Waals surface area contributed by atoms with Crippen molar-refractivity contribution in [2.24, 2.45) is 0 Å². The SMILES string of the molecule is Cc1ccccc1OCc1ccn(C(C)C)n1. The van der Waals surface area contributed by atoms with E-state index in [1.54, 1.807) is 0 Å². The quantitative estimate of drug-likeness (QED) is 0.805. The summed E-state index contributed by atoms with van der Waals surface area (Å²) in [6, 6.07) is 10.4. The molecule has 0 saturated heterocycles. The van der Waals surface area contributed by atoms with Crippen molar-refractivity contribution in [2.75, 3.05) is 0 Å². The van der Waals surface area contributed by atoms with Crippen LogP contribution in [-0.4, -0.2) is 9.78 Å². The van der Waals surface area contributed by atoms with Gasteiger partial charge in [0.1, 0.15) is 12.4 Å². The van der Waals surface area contributed by atoms with Gasteiger partial charge in [0.05, 0.1) is 5.69 Å². The fourth-order valence-electron chi connectivity index (χ4n) is 1.61. The number of aromatic nitrogens is 2. The predicted molar refractivity (Wildman–Crippen MR) is 68.1 cm³/mol. The number of aryl methyl sites for hydroxylation is 1. The number of hydrogen-bond donors (Lipinski definition) is 0. The van der Waals surface area contributed by atoms with Gasteiger partial charge in [-0.15, -0.1) is 0 Å². The smallest absolute Gasteiger partial charge is 0.132 e. The molecular formula is C14H18N2O. The van der Waals surface area contributed by atoms with Crippen LogP contribution >= 0.6 is 0 Å². The average molecular weight is 230 g/mol. The third-order valence-electron chi connectivity index (χ3n) is 2.66. The molecule has 0 aliphatic heterocycles. The van der Waals surface area contributed by atoms with E-state index >= 15 is 0 Å². The highest BCUT2D eigenvalue weighted by Gasteiger charge is 2.03. The first kappa shape index (κ1) is 11.7. The lowest BCUT2D eigenvalue weighted by Gasteiger charge is -2.07. The second-order valence-corrected chi connectivity index (χ2v) is 4.44. The van der Waals surface area contributed by atoms with Crippen molar-refractivity contribution in [2.45, 2.75) is 33.4 Å². The second-order valence-electron chi connectivity index (χ2n) is 4.44. The van der Waals surface area contributed by atoms with Gasteiger partial charge in [0.25, 0.3) is 0 Å². The minimum Gasteiger partial charge on any atom is -0.487 e. The Morgan fingerprint density at radius 2 is 2.00 bits per heavy atom. The molecular weight excluding hydrogens is 212 g/mol. The van der Waals surface area contributed by atoms with E-state index in [2.05, 4.69) is 18.9 Å². The topological polar surface area (TPSA) is 27.1 Å². The fourth-order valence-corrected chi connectivity index (χ4v) is 1.61. The molecule has 0 unspecified atom stereocenters. The van der Waals surface area contributed by atoms with Gasteiger partial charge in [-0.3, -0.25) is 4.68 Å². The Labute approximate surface area is 102 Å². The Kier molecular flexibility index (Phi) is 3.47. The molecule has 0 spiro atoms. The molecule has 2 rings (SSSR count). The molecule has 0 aliphatic rings. The van der Waals surface area contributed by atoms with Gasteiger partial charge in [0, 0.05) is 12.2 Å². The van der Waals surface area contributed by atoms with Crippen LogP contribution < -0.4 is 4.74 Å². The molecule has 3 heteroatoms. The highest BCUT2D eigenvalue weighted by atomic mass is 16.5. The molecule has 0 bridgehead atoms. The van der Waals surface area contributed by atoms with Crippen LogP contribution in [0.25, 0.3) is 0 Å². The molecule has 1 aromatic carbocycles. The molecule has 3 nitrogen and oxygen atoms in total. The van der Waals surface area contributed by atoms with Gasteiger partial charge in [-0.25, -0.2) is 0 Å². The molecule has 2 aromatic rings. The first-order valence-electron chi connectivity index (χ1n) is 5.89. The molecule has 0 radical (unpaired) electrons. The maximum Gasteiger partial charge on any atom is 0.132 e. The molecule has 1 aromatic heterocycles. The van der Waals surface area contributed by atoms with Gasteiger partial charge in [-0.2, -0.15) is 5.10 Å². The van der Waals surface area contributed by atoms with E-state index in [9.17, 15) is 0 Å². The van der Waals surface area contributed by atoms with Crippen LogP contribution in [-0.2, 0) is 6.61 Å². The Morgan fingerprint density at radius 3 is 2.65 bits per heavy atom. The summed E-state index contributed by atoms with van der Waals surface area (Å²) in [5.74, 6) is 0.923. The molecule has 17 heavy (non-hydrogen) atoms. The van der Waals surface area contributed by atoms with Gasteiger partial charge in [0.2, 0.25) is 0 Å². The van der Waals surface area contributed by atoms with E-state index in [-0.39, 0.29) is 0 Å². The third-order valence-corrected chi connectivity index (χ3v) is 2.66. The van der Waals surface area contributed by atoms with Gasteiger partial charge in [-0.05, 0) is 38.5 Å². The van der Waals surface area contributed by atoms with Crippen molar-refractivity contribution in [1.82, 2.24) is 9.78 Å². The summed E-state index contributed by atoms with van der Waals surface area (Å²) < 4.78 is 7.68. The Bertz CT molecular complexity index is 488. The van der Waals surface area contributed by atoms with Crippen LogP contribution in [0, 0.1) is 6.92 Å². The highest BCUT2D eigenvalue weighted by molar-refractivity contribution is 5.31. The van der Waals surface area contributed by atoms with E-state index in [4.69, 9.17) is 4.74 Å². The van der Waals surface area contributed by atoms with Crippen LogP contribution in [0.5, 0.6) is 5.75 Å². The van der Waals surface area contributed by atoms with Crippen molar-refractivity contribution in [3.63, 3.8) is 0 Å². The highest BCUT2D eigenvalue weighted by Crippen LogP contribution is 2.17. The Balaban J connectivity index is 2.00. The first-order valence-corrected chi connectivity index (χ1v) is 5.89. The third kappa shape index (κ3) is 2.87. The zero-order valence-corrected chi connectivity index (χ0v) is 10.6. The number of benzene rings is 1. The van der Waals surface area contributed by atoms with Crippen molar-refractivity contribution in [3.05, 3.63) is 47.8 Å². The largest absolute Gasteiger partial charge is 0.487 e. The fraction of sp³-hybridized carbons (Fsp3) is 0.357. The molecule has 1 heterocycles. The van der Waals surface area contributed by atoms with Crippen molar-refractivity contribution in [3.8, 4) is 5.75 Å². The number of para-hydroxylation sites is 1. The standard InChI is InChI=1S/C14H18N2O/c1-11(2)16-9-8-13(15-16)10-17-14-7-5-4-6-12(14)3/h4-9,11H,10H2,1-3H3. The van der Waals surface area contributed by atoms with Gasteiger partial charge >= 0.3 is 0 Å². The number of ether oxygens (including phenoxy) is 1. The van der Waals surface area contributed by atoms with E-state index in [0.29, 0.717) is 12.6 Å². The Hall–Kier alpha value is -1.77. The molecule has 0 N–H and O–H groups in total. The molecule has 0 amide bonds. The van der Waals surface area contributed by atoms with Gasteiger partial charge < -0.3 is 4.74 Å². The minimum atomic E-state index is 0.391. The average Bonchev–Trinajstić information content (AvgIpc) is 2.77. The summed E-state index contributed by atoms with van der Waals surface area (Å²) in [5.41, 5.74) is 2.11.